The van der Waals surface area contributed by atoms with Crippen molar-refractivity contribution in [1.29, 1.82) is 0 Å². The number of hydrogen-bond donors (Lipinski definition) is 1. The molecule has 1 heterocycles. The summed E-state index contributed by atoms with van der Waals surface area (Å²) in [5, 5.41) is 3.28. The number of rotatable bonds is 1. The average Bonchev–Trinajstić information content (AvgIpc) is 2.64. The minimum atomic E-state index is -0.430. The van der Waals surface area contributed by atoms with Crippen molar-refractivity contribution in [1.82, 2.24) is 5.32 Å². The summed E-state index contributed by atoms with van der Waals surface area (Å²) in [4.78, 5) is 24.5. The number of Topliss-reactive ketones (excluding diaryl/α,β-unsaturated/α-hetero) is 2. The van der Waals surface area contributed by atoms with Crippen LogP contribution in [0.1, 0.15) is 33.6 Å². The Balaban J connectivity index is 1.94. The standard InChI is InChI=1S/C14H15NO2/c16-13-10-5-1-2-6-11(10)14(17)12(13)9-4-3-7-15-8-9/h1-2,5-6,9,12,15H,3-4,7-8H2/t9-/m1/s1. The first-order valence-corrected chi connectivity index (χ1v) is 6.17. The molecule has 3 heteroatoms. The highest BCUT2D eigenvalue weighted by Gasteiger charge is 2.43. The van der Waals surface area contributed by atoms with Gasteiger partial charge in [-0.2, -0.15) is 0 Å². The first-order valence-electron chi connectivity index (χ1n) is 6.17. The number of hydrogen-bond acceptors (Lipinski definition) is 3. The molecule has 0 unspecified atom stereocenters. The summed E-state index contributed by atoms with van der Waals surface area (Å²) in [6.07, 6.45) is 2.03. The van der Waals surface area contributed by atoms with Crippen molar-refractivity contribution in [3.8, 4) is 0 Å². The van der Waals surface area contributed by atoms with Crippen LogP contribution >= 0.6 is 0 Å². The lowest BCUT2D eigenvalue weighted by molar-refractivity contribution is 0.0765. The molecule has 0 aromatic heterocycles. The molecule has 1 saturated heterocycles. The van der Waals surface area contributed by atoms with Crippen molar-refractivity contribution < 1.29 is 9.59 Å². The zero-order valence-electron chi connectivity index (χ0n) is 9.61. The van der Waals surface area contributed by atoms with Gasteiger partial charge in [-0.15, -0.1) is 0 Å². The highest BCUT2D eigenvalue weighted by atomic mass is 16.2. The van der Waals surface area contributed by atoms with Gasteiger partial charge in [0.15, 0.2) is 11.6 Å². The van der Waals surface area contributed by atoms with Gasteiger partial charge in [0.2, 0.25) is 0 Å². The van der Waals surface area contributed by atoms with Gasteiger partial charge in [0.1, 0.15) is 0 Å². The Hall–Kier alpha value is -1.48. The monoisotopic (exact) mass is 229 g/mol. The third kappa shape index (κ3) is 1.62. The molecule has 17 heavy (non-hydrogen) atoms. The molecule has 3 nitrogen and oxygen atoms in total. The van der Waals surface area contributed by atoms with Gasteiger partial charge in [-0.05, 0) is 31.8 Å². The second-order valence-electron chi connectivity index (χ2n) is 4.86. The van der Waals surface area contributed by atoms with Crippen LogP contribution in [0.4, 0.5) is 0 Å². The number of fused-ring (bicyclic) bond motifs is 1. The Morgan fingerprint density at radius 3 is 2.24 bits per heavy atom. The smallest absolute Gasteiger partial charge is 0.174 e. The summed E-state index contributed by atoms with van der Waals surface area (Å²) in [7, 11) is 0. The van der Waals surface area contributed by atoms with Gasteiger partial charge in [-0.25, -0.2) is 0 Å². The summed E-state index contributed by atoms with van der Waals surface area (Å²) in [6, 6.07) is 7.19. The predicted octanol–water partition coefficient (Wildman–Crippen LogP) is 1.68. The number of ketones is 2. The first kappa shape index (κ1) is 10.7. The highest BCUT2D eigenvalue weighted by Crippen LogP contribution is 2.34. The zero-order valence-corrected chi connectivity index (χ0v) is 9.61. The zero-order chi connectivity index (χ0) is 11.8. The van der Waals surface area contributed by atoms with Crippen LogP contribution in [0.2, 0.25) is 0 Å². The van der Waals surface area contributed by atoms with E-state index in [4.69, 9.17) is 0 Å². The second-order valence-corrected chi connectivity index (χ2v) is 4.86. The number of carbonyl (C=O) groups excluding carboxylic acids is 2. The van der Waals surface area contributed by atoms with Crippen molar-refractivity contribution in [3.05, 3.63) is 35.4 Å². The molecule has 3 rings (SSSR count). The van der Waals surface area contributed by atoms with Crippen LogP contribution < -0.4 is 5.32 Å². The van der Waals surface area contributed by atoms with Gasteiger partial charge < -0.3 is 5.32 Å². The van der Waals surface area contributed by atoms with E-state index in [1.807, 2.05) is 12.1 Å². The Morgan fingerprint density at radius 2 is 1.71 bits per heavy atom. The Kier molecular flexibility index (Phi) is 2.56. The van der Waals surface area contributed by atoms with E-state index in [9.17, 15) is 9.59 Å². The SMILES string of the molecule is O=C1c2ccccc2C(=O)C1[C@@H]1CCCNC1. The van der Waals surface area contributed by atoms with Gasteiger partial charge in [0.05, 0.1) is 5.92 Å². The number of benzene rings is 1. The molecule has 2 aliphatic rings. The molecule has 0 radical (unpaired) electrons. The van der Waals surface area contributed by atoms with E-state index in [2.05, 4.69) is 5.32 Å². The molecule has 1 aliphatic heterocycles. The molecule has 1 N–H and O–H groups in total. The van der Waals surface area contributed by atoms with Crippen molar-refractivity contribution in [2.24, 2.45) is 11.8 Å². The van der Waals surface area contributed by atoms with Crippen LogP contribution in [0.15, 0.2) is 24.3 Å². The molecule has 1 aromatic carbocycles. The summed E-state index contributed by atoms with van der Waals surface area (Å²) in [6.45, 7) is 1.79. The van der Waals surface area contributed by atoms with E-state index in [0.29, 0.717) is 11.1 Å². The van der Waals surface area contributed by atoms with Gasteiger partial charge in [-0.3, -0.25) is 9.59 Å². The Labute approximate surface area is 100 Å². The van der Waals surface area contributed by atoms with E-state index in [-0.39, 0.29) is 17.5 Å². The van der Waals surface area contributed by atoms with E-state index in [0.717, 1.165) is 25.9 Å². The van der Waals surface area contributed by atoms with E-state index in [1.165, 1.54) is 0 Å². The Morgan fingerprint density at radius 1 is 1.06 bits per heavy atom. The van der Waals surface area contributed by atoms with E-state index >= 15 is 0 Å². The third-order valence-corrected chi connectivity index (χ3v) is 3.83. The minimum absolute atomic E-state index is 0.0271. The normalized spacial score (nSPS) is 25.1. The number of nitrogens with one attached hydrogen (secondary N) is 1. The summed E-state index contributed by atoms with van der Waals surface area (Å²) in [5.74, 6) is -0.199. The summed E-state index contributed by atoms with van der Waals surface area (Å²) < 4.78 is 0. The molecular formula is C14H15NO2. The summed E-state index contributed by atoms with van der Waals surface area (Å²) >= 11 is 0. The maximum atomic E-state index is 12.3. The fourth-order valence-electron chi connectivity index (χ4n) is 2.96. The molecule has 1 aliphatic carbocycles. The largest absolute Gasteiger partial charge is 0.316 e. The molecule has 88 valence electrons. The van der Waals surface area contributed by atoms with Crippen molar-refractivity contribution in [3.63, 3.8) is 0 Å². The van der Waals surface area contributed by atoms with Gasteiger partial charge in [-0.1, -0.05) is 24.3 Å². The third-order valence-electron chi connectivity index (χ3n) is 3.83. The topological polar surface area (TPSA) is 46.2 Å². The fourth-order valence-corrected chi connectivity index (χ4v) is 2.96. The predicted molar refractivity (Wildman–Crippen MR) is 64.2 cm³/mol. The van der Waals surface area contributed by atoms with E-state index in [1.54, 1.807) is 12.1 Å². The van der Waals surface area contributed by atoms with Crippen LogP contribution in [-0.4, -0.2) is 24.7 Å². The molecule has 0 amide bonds. The van der Waals surface area contributed by atoms with Crippen molar-refractivity contribution in [2.75, 3.05) is 13.1 Å². The molecule has 1 atom stereocenters. The number of carbonyl (C=O) groups is 2. The molecule has 1 aromatic rings. The van der Waals surface area contributed by atoms with Crippen LogP contribution in [0.25, 0.3) is 0 Å². The number of piperidine rings is 1. The lowest BCUT2D eigenvalue weighted by atomic mass is 9.83. The van der Waals surface area contributed by atoms with Crippen molar-refractivity contribution in [2.45, 2.75) is 12.8 Å². The van der Waals surface area contributed by atoms with Crippen LogP contribution in [-0.2, 0) is 0 Å². The molecule has 0 bridgehead atoms. The second kappa shape index (κ2) is 4.08. The lowest BCUT2D eigenvalue weighted by Gasteiger charge is -2.26. The van der Waals surface area contributed by atoms with Crippen molar-refractivity contribution >= 4 is 11.6 Å². The molecule has 0 spiro atoms. The molecule has 0 saturated carbocycles. The Bertz CT molecular complexity index is 440. The maximum Gasteiger partial charge on any atom is 0.174 e. The fraction of sp³-hybridized carbons (Fsp3) is 0.429. The molecular weight excluding hydrogens is 214 g/mol. The first-order chi connectivity index (χ1) is 8.29. The minimum Gasteiger partial charge on any atom is -0.316 e. The van der Waals surface area contributed by atoms with Gasteiger partial charge in [0.25, 0.3) is 0 Å². The quantitative estimate of drug-likeness (QED) is 0.745. The summed E-state index contributed by atoms with van der Waals surface area (Å²) in [5.41, 5.74) is 1.24. The molecule has 1 fully saturated rings. The maximum absolute atomic E-state index is 12.3. The van der Waals surface area contributed by atoms with Crippen LogP contribution in [0.5, 0.6) is 0 Å². The van der Waals surface area contributed by atoms with Crippen LogP contribution in [0.3, 0.4) is 0 Å². The van der Waals surface area contributed by atoms with Gasteiger partial charge in [0, 0.05) is 11.1 Å². The average molecular weight is 229 g/mol. The van der Waals surface area contributed by atoms with Crippen LogP contribution in [0, 0.1) is 11.8 Å². The lowest BCUT2D eigenvalue weighted by Crippen LogP contribution is -2.38. The van der Waals surface area contributed by atoms with E-state index < -0.39 is 5.92 Å². The van der Waals surface area contributed by atoms with Gasteiger partial charge >= 0.3 is 0 Å². The highest BCUT2D eigenvalue weighted by molar-refractivity contribution is 6.26.